The number of halogens is 1. The lowest BCUT2D eigenvalue weighted by atomic mass is 10.1. The summed E-state index contributed by atoms with van der Waals surface area (Å²) >= 11 is 3.36. The van der Waals surface area contributed by atoms with Crippen molar-refractivity contribution in [1.82, 2.24) is 9.38 Å². The van der Waals surface area contributed by atoms with Crippen LogP contribution in [-0.2, 0) is 0 Å². The molecule has 0 amide bonds. The molecule has 0 bridgehead atoms. The Balaban J connectivity index is 2.09. The van der Waals surface area contributed by atoms with Crippen LogP contribution in [0.3, 0.4) is 0 Å². The second-order valence-electron chi connectivity index (χ2n) is 4.41. The molecule has 0 aliphatic rings. The molecule has 2 aromatic heterocycles. The molecule has 0 N–H and O–H groups in total. The number of aromatic nitrogens is 2. The highest BCUT2D eigenvalue weighted by molar-refractivity contribution is 9.10. The molecule has 2 heterocycles. The summed E-state index contributed by atoms with van der Waals surface area (Å²) < 4.78 is 2.77. The number of aryl methyl sites for hydroxylation is 1. The van der Waals surface area contributed by atoms with Gasteiger partial charge in [-0.1, -0.05) is 15.9 Å². The van der Waals surface area contributed by atoms with Crippen molar-refractivity contribution in [3.05, 3.63) is 70.1 Å². The van der Waals surface area contributed by atoms with Gasteiger partial charge in [-0.2, -0.15) is 0 Å². The fourth-order valence-electron chi connectivity index (χ4n) is 2.00. The predicted octanol–water partition coefficient (Wildman–Crippen LogP) is 3.64. The summed E-state index contributed by atoms with van der Waals surface area (Å²) in [6.45, 7) is 2.00. The summed E-state index contributed by atoms with van der Waals surface area (Å²) in [5.74, 6) is -0.0242. The Morgan fingerprint density at radius 2 is 1.95 bits per heavy atom. The minimum absolute atomic E-state index is 0.0242. The van der Waals surface area contributed by atoms with Crippen molar-refractivity contribution >= 4 is 27.4 Å². The first kappa shape index (κ1) is 12.1. The van der Waals surface area contributed by atoms with E-state index in [1.807, 2.05) is 41.8 Å². The lowest BCUT2D eigenvalue weighted by Crippen LogP contribution is -2.04. The van der Waals surface area contributed by atoms with Gasteiger partial charge in [0, 0.05) is 16.2 Å². The number of nitrogens with zero attached hydrogens (tertiary/aromatic N) is 2. The maximum Gasteiger partial charge on any atom is 0.211 e. The molecule has 0 saturated carbocycles. The normalized spacial score (nSPS) is 10.8. The van der Waals surface area contributed by atoms with Gasteiger partial charge < -0.3 is 0 Å². The van der Waals surface area contributed by atoms with Crippen molar-refractivity contribution in [1.29, 1.82) is 0 Å². The number of carbonyl (C=O) groups is 1. The van der Waals surface area contributed by atoms with E-state index in [2.05, 4.69) is 20.9 Å². The van der Waals surface area contributed by atoms with E-state index in [0.29, 0.717) is 11.3 Å². The van der Waals surface area contributed by atoms with Gasteiger partial charge in [-0.15, -0.1) is 0 Å². The second-order valence-corrected chi connectivity index (χ2v) is 5.33. The molecule has 0 atom stereocenters. The van der Waals surface area contributed by atoms with Gasteiger partial charge in [0.25, 0.3) is 0 Å². The van der Waals surface area contributed by atoms with Gasteiger partial charge in [0.1, 0.15) is 11.3 Å². The van der Waals surface area contributed by atoms with Crippen LogP contribution in [0.15, 0.2) is 53.3 Å². The number of ketones is 1. The molecule has 0 radical (unpaired) electrons. The number of benzene rings is 1. The van der Waals surface area contributed by atoms with Crippen LogP contribution in [0.2, 0.25) is 0 Å². The van der Waals surface area contributed by atoms with Gasteiger partial charge in [-0.3, -0.25) is 9.20 Å². The summed E-state index contributed by atoms with van der Waals surface area (Å²) in [5.41, 5.74) is 3.16. The molecule has 0 unspecified atom stereocenters. The maximum atomic E-state index is 12.4. The van der Waals surface area contributed by atoms with Gasteiger partial charge in [-0.05, 0) is 48.9 Å². The highest BCUT2D eigenvalue weighted by Gasteiger charge is 2.14. The molecule has 0 fully saturated rings. The summed E-state index contributed by atoms with van der Waals surface area (Å²) in [7, 11) is 0. The third kappa shape index (κ3) is 2.19. The van der Waals surface area contributed by atoms with Crippen molar-refractivity contribution in [2.75, 3.05) is 0 Å². The quantitative estimate of drug-likeness (QED) is 0.677. The van der Waals surface area contributed by atoms with E-state index in [1.54, 1.807) is 18.3 Å². The van der Waals surface area contributed by atoms with E-state index in [0.717, 1.165) is 15.7 Å². The average Bonchev–Trinajstić information content (AvgIpc) is 2.81. The first-order valence-corrected chi connectivity index (χ1v) is 6.68. The Kier molecular flexibility index (Phi) is 2.95. The molecule has 0 aliphatic carbocycles. The first-order valence-electron chi connectivity index (χ1n) is 5.89. The molecule has 19 heavy (non-hydrogen) atoms. The van der Waals surface area contributed by atoms with Crippen LogP contribution in [0.5, 0.6) is 0 Å². The second kappa shape index (κ2) is 4.63. The van der Waals surface area contributed by atoms with Crippen LogP contribution in [-0.4, -0.2) is 15.2 Å². The van der Waals surface area contributed by atoms with Gasteiger partial charge in [0.2, 0.25) is 5.78 Å². The van der Waals surface area contributed by atoms with Gasteiger partial charge in [0.15, 0.2) is 0 Å². The third-order valence-electron chi connectivity index (χ3n) is 3.01. The van der Waals surface area contributed by atoms with Crippen LogP contribution in [0, 0.1) is 6.92 Å². The Morgan fingerprint density at radius 3 is 2.68 bits per heavy atom. The van der Waals surface area contributed by atoms with Crippen LogP contribution in [0.25, 0.3) is 5.65 Å². The van der Waals surface area contributed by atoms with Crippen LogP contribution < -0.4 is 0 Å². The number of imidazole rings is 1. The molecule has 94 valence electrons. The van der Waals surface area contributed by atoms with Crippen LogP contribution in [0.4, 0.5) is 0 Å². The zero-order valence-electron chi connectivity index (χ0n) is 10.3. The minimum Gasteiger partial charge on any atom is -0.297 e. The van der Waals surface area contributed by atoms with E-state index >= 15 is 0 Å². The molecular formula is C15H11BrN2O. The average molecular weight is 315 g/mol. The van der Waals surface area contributed by atoms with Crippen molar-refractivity contribution < 1.29 is 4.79 Å². The Labute approximate surface area is 119 Å². The summed E-state index contributed by atoms with van der Waals surface area (Å²) in [6, 6.07) is 11.3. The fraction of sp³-hybridized carbons (Fsp3) is 0.0667. The van der Waals surface area contributed by atoms with Gasteiger partial charge >= 0.3 is 0 Å². The van der Waals surface area contributed by atoms with Crippen LogP contribution >= 0.6 is 15.9 Å². The molecule has 0 saturated heterocycles. The van der Waals surface area contributed by atoms with Crippen molar-refractivity contribution in [3.63, 3.8) is 0 Å². The predicted molar refractivity (Wildman–Crippen MR) is 77.5 cm³/mol. The van der Waals surface area contributed by atoms with Crippen molar-refractivity contribution in [2.24, 2.45) is 0 Å². The van der Waals surface area contributed by atoms with Crippen molar-refractivity contribution in [3.8, 4) is 0 Å². The number of fused-ring (bicyclic) bond motifs is 1. The highest BCUT2D eigenvalue weighted by atomic mass is 79.9. The lowest BCUT2D eigenvalue weighted by Gasteiger charge is -2.02. The monoisotopic (exact) mass is 314 g/mol. The van der Waals surface area contributed by atoms with E-state index in [4.69, 9.17) is 0 Å². The number of rotatable bonds is 2. The number of pyridine rings is 1. The standard InChI is InChI=1S/C15H11BrN2O/c1-10-6-7-18-13(9-17-14(18)8-10)15(19)11-2-4-12(16)5-3-11/h2-9H,1H3. The first-order chi connectivity index (χ1) is 9.15. The summed E-state index contributed by atoms with van der Waals surface area (Å²) in [5, 5.41) is 0. The molecule has 1 aromatic carbocycles. The fourth-order valence-corrected chi connectivity index (χ4v) is 2.26. The minimum atomic E-state index is -0.0242. The van der Waals surface area contributed by atoms with Gasteiger partial charge in [-0.25, -0.2) is 4.98 Å². The largest absolute Gasteiger partial charge is 0.297 e. The molecule has 0 spiro atoms. The molecule has 3 nitrogen and oxygen atoms in total. The lowest BCUT2D eigenvalue weighted by molar-refractivity contribution is 0.103. The summed E-state index contributed by atoms with van der Waals surface area (Å²) in [6.07, 6.45) is 3.50. The zero-order valence-corrected chi connectivity index (χ0v) is 11.9. The Bertz CT molecular complexity index is 759. The topological polar surface area (TPSA) is 34.4 Å². The van der Waals surface area contributed by atoms with Gasteiger partial charge in [0.05, 0.1) is 6.20 Å². The number of carbonyl (C=O) groups excluding carboxylic acids is 1. The smallest absolute Gasteiger partial charge is 0.211 e. The molecule has 4 heteroatoms. The van der Waals surface area contributed by atoms with E-state index in [9.17, 15) is 4.79 Å². The van der Waals surface area contributed by atoms with Crippen molar-refractivity contribution in [2.45, 2.75) is 6.92 Å². The molecule has 0 aliphatic heterocycles. The van der Waals surface area contributed by atoms with E-state index in [-0.39, 0.29) is 5.78 Å². The number of hydrogen-bond acceptors (Lipinski definition) is 2. The third-order valence-corrected chi connectivity index (χ3v) is 3.54. The SMILES string of the molecule is Cc1ccn2c(C(=O)c3ccc(Br)cc3)cnc2c1. The van der Waals surface area contributed by atoms with E-state index in [1.165, 1.54) is 0 Å². The maximum absolute atomic E-state index is 12.4. The van der Waals surface area contributed by atoms with E-state index < -0.39 is 0 Å². The Morgan fingerprint density at radius 1 is 1.21 bits per heavy atom. The summed E-state index contributed by atoms with van der Waals surface area (Å²) in [4.78, 5) is 16.7. The molecule has 3 aromatic rings. The highest BCUT2D eigenvalue weighted by Crippen LogP contribution is 2.16. The molecule has 3 rings (SSSR count). The molecular weight excluding hydrogens is 304 g/mol. The Hall–Kier alpha value is -1.94. The number of hydrogen-bond donors (Lipinski definition) is 0. The van der Waals surface area contributed by atoms with Crippen LogP contribution in [0.1, 0.15) is 21.6 Å². The zero-order chi connectivity index (χ0) is 13.4.